The fourth-order valence-corrected chi connectivity index (χ4v) is 1.16. The average Bonchev–Trinajstić information content (AvgIpc) is 2.55. The van der Waals surface area contributed by atoms with Crippen molar-refractivity contribution in [1.29, 1.82) is 0 Å². The summed E-state index contributed by atoms with van der Waals surface area (Å²) in [5, 5.41) is 0. The zero-order chi connectivity index (χ0) is 8.60. The maximum atomic E-state index is 5.35. The van der Waals surface area contributed by atoms with Crippen molar-refractivity contribution < 1.29 is 9.47 Å². The zero-order valence-electron chi connectivity index (χ0n) is 7.33. The molecule has 4 heteroatoms. The van der Waals surface area contributed by atoms with Gasteiger partial charge in [0.2, 0.25) is 0 Å². The van der Waals surface area contributed by atoms with Gasteiger partial charge in [-0.3, -0.25) is 0 Å². The predicted octanol–water partition coefficient (Wildman–Crippen LogP) is 0.622. The lowest BCUT2D eigenvalue weighted by Gasteiger charge is -2.07. The van der Waals surface area contributed by atoms with Gasteiger partial charge in [-0.1, -0.05) is 0 Å². The number of rotatable bonds is 1. The third kappa shape index (κ3) is 1.29. The molecule has 0 saturated carbocycles. The highest BCUT2D eigenvalue weighted by molar-refractivity contribution is 6.36. The molecule has 66 valence electrons. The Hall–Kier alpha value is -1.06. The Bertz CT molecular complexity index is 256. The Balaban J connectivity index is 2.15. The summed E-state index contributed by atoms with van der Waals surface area (Å²) < 4.78 is 10.6. The molecule has 0 spiro atoms. The minimum Gasteiger partial charge on any atom is -0.472 e. The van der Waals surface area contributed by atoms with E-state index in [1.807, 2.05) is 13.8 Å². The third-order valence-electron chi connectivity index (χ3n) is 1.73. The summed E-state index contributed by atoms with van der Waals surface area (Å²) in [6.45, 7) is 6.03. The molecule has 0 fully saturated rings. The SMILES string of the molecule is CC1(C)COC(C2=NCCO2)=N1. The van der Waals surface area contributed by atoms with Crippen molar-refractivity contribution in [2.45, 2.75) is 19.4 Å². The molecule has 2 aliphatic rings. The van der Waals surface area contributed by atoms with Crippen LogP contribution in [0.4, 0.5) is 0 Å². The standard InChI is InChI=1S/C8H12N2O2/c1-8(2)5-12-7(10-8)6-9-3-4-11-6/h3-5H2,1-2H3. The van der Waals surface area contributed by atoms with Crippen LogP contribution in [0.15, 0.2) is 9.98 Å². The molecule has 2 aliphatic heterocycles. The number of ether oxygens (including phenoxy) is 2. The molecule has 0 aromatic rings. The fourth-order valence-electron chi connectivity index (χ4n) is 1.16. The number of aliphatic imine (C=N–C) groups is 2. The van der Waals surface area contributed by atoms with E-state index in [0.29, 0.717) is 25.0 Å². The van der Waals surface area contributed by atoms with Crippen LogP contribution in [0.1, 0.15) is 13.8 Å². The Labute approximate surface area is 71.3 Å². The smallest absolute Gasteiger partial charge is 0.273 e. The second-order valence-electron chi connectivity index (χ2n) is 3.55. The van der Waals surface area contributed by atoms with Gasteiger partial charge in [0.05, 0.1) is 12.1 Å². The van der Waals surface area contributed by atoms with E-state index in [4.69, 9.17) is 9.47 Å². The highest BCUT2D eigenvalue weighted by Crippen LogP contribution is 2.18. The highest BCUT2D eigenvalue weighted by atomic mass is 16.5. The zero-order valence-corrected chi connectivity index (χ0v) is 7.33. The van der Waals surface area contributed by atoms with Gasteiger partial charge in [-0.25, -0.2) is 9.98 Å². The van der Waals surface area contributed by atoms with Crippen LogP contribution >= 0.6 is 0 Å². The molecule has 2 rings (SSSR count). The topological polar surface area (TPSA) is 43.2 Å². The van der Waals surface area contributed by atoms with Crippen LogP contribution in [-0.2, 0) is 9.47 Å². The molecule has 0 N–H and O–H groups in total. The van der Waals surface area contributed by atoms with Gasteiger partial charge in [0.1, 0.15) is 13.2 Å². The van der Waals surface area contributed by atoms with E-state index >= 15 is 0 Å². The number of hydrogen-bond acceptors (Lipinski definition) is 4. The molecule has 0 aromatic carbocycles. The van der Waals surface area contributed by atoms with E-state index in [1.54, 1.807) is 0 Å². The van der Waals surface area contributed by atoms with Crippen LogP contribution in [0, 0.1) is 0 Å². The van der Waals surface area contributed by atoms with Crippen molar-refractivity contribution in [3.63, 3.8) is 0 Å². The van der Waals surface area contributed by atoms with Crippen LogP contribution in [0.5, 0.6) is 0 Å². The first kappa shape index (κ1) is 7.58. The lowest BCUT2D eigenvalue weighted by molar-refractivity contribution is 0.274. The number of hydrogen-bond donors (Lipinski definition) is 0. The molecular weight excluding hydrogens is 156 g/mol. The molecule has 0 saturated heterocycles. The van der Waals surface area contributed by atoms with Gasteiger partial charge >= 0.3 is 0 Å². The van der Waals surface area contributed by atoms with Gasteiger partial charge in [-0.2, -0.15) is 0 Å². The molecule has 4 nitrogen and oxygen atoms in total. The minimum absolute atomic E-state index is 0.121. The molecule has 0 amide bonds. The van der Waals surface area contributed by atoms with Crippen molar-refractivity contribution in [2.75, 3.05) is 19.8 Å². The van der Waals surface area contributed by atoms with E-state index in [2.05, 4.69) is 9.98 Å². The lowest BCUT2D eigenvalue weighted by Crippen LogP contribution is -2.17. The Morgan fingerprint density at radius 1 is 1.25 bits per heavy atom. The summed E-state index contributed by atoms with van der Waals surface area (Å²) in [7, 11) is 0. The molecule has 0 unspecified atom stereocenters. The van der Waals surface area contributed by atoms with Crippen LogP contribution in [-0.4, -0.2) is 37.1 Å². The Morgan fingerprint density at radius 2 is 2.08 bits per heavy atom. The van der Waals surface area contributed by atoms with Gasteiger partial charge in [0.25, 0.3) is 11.8 Å². The van der Waals surface area contributed by atoms with E-state index in [9.17, 15) is 0 Å². The first-order chi connectivity index (χ1) is 5.67. The Kier molecular flexibility index (Phi) is 1.56. The molecule has 0 aliphatic carbocycles. The van der Waals surface area contributed by atoms with E-state index in [0.717, 1.165) is 6.54 Å². The van der Waals surface area contributed by atoms with Crippen LogP contribution in [0.2, 0.25) is 0 Å². The normalized spacial score (nSPS) is 25.8. The van der Waals surface area contributed by atoms with Crippen molar-refractivity contribution in [2.24, 2.45) is 9.98 Å². The predicted molar refractivity (Wildman–Crippen MR) is 45.7 cm³/mol. The van der Waals surface area contributed by atoms with Crippen molar-refractivity contribution >= 4 is 11.8 Å². The lowest BCUT2D eigenvalue weighted by atomic mass is 10.1. The quantitative estimate of drug-likeness (QED) is 0.576. The van der Waals surface area contributed by atoms with Gasteiger partial charge in [-0.05, 0) is 13.8 Å². The van der Waals surface area contributed by atoms with Crippen molar-refractivity contribution in [1.82, 2.24) is 0 Å². The van der Waals surface area contributed by atoms with E-state index in [-0.39, 0.29) is 5.54 Å². The maximum absolute atomic E-state index is 5.35. The monoisotopic (exact) mass is 168 g/mol. The second kappa shape index (κ2) is 2.47. The van der Waals surface area contributed by atoms with Crippen LogP contribution in [0.3, 0.4) is 0 Å². The average molecular weight is 168 g/mol. The molecule has 2 heterocycles. The van der Waals surface area contributed by atoms with Crippen LogP contribution in [0.25, 0.3) is 0 Å². The van der Waals surface area contributed by atoms with E-state index in [1.165, 1.54) is 0 Å². The maximum Gasteiger partial charge on any atom is 0.273 e. The first-order valence-electron chi connectivity index (χ1n) is 4.08. The van der Waals surface area contributed by atoms with Gasteiger partial charge in [0.15, 0.2) is 0 Å². The first-order valence-corrected chi connectivity index (χ1v) is 4.08. The second-order valence-corrected chi connectivity index (χ2v) is 3.55. The van der Waals surface area contributed by atoms with Gasteiger partial charge in [-0.15, -0.1) is 0 Å². The van der Waals surface area contributed by atoms with Crippen molar-refractivity contribution in [3.8, 4) is 0 Å². The molecule has 0 bridgehead atoms. The molecule has 0 aromatic heterocycles. The molecule has 0 atom stereocenters. The number of nitrogens with zero attached hydrogens (tertiary/aromatic N) is 2. The highest BCUT2D eigenvalue weighted by Gasteiger charge is 2.30. The van der Waals surface area contributed by atoms with E-state index < -0.39 is 0 Å². The summed E-state index contributed by atoms with van der Waals surface area (Å²) in [6, 6.07) is 0. The molecule has 12 heavy (non-hydrogen) atoms. The summed E-state index contributed by atoms with van der Waals surface area (Å²) in [4.78, 5) is 8.46. The van der Waals surface area contributed by atoms with Crippen molar-refractivity contribution in [3.05, 3.63) is 0 Å². The Morgan fingerprint density at radius 3 is 2.58 bits per heavy atom. The largest absolute Gasteiger partial charge is 0.472 e. The third-order valence-corrected chi connectivity index (χ3v) is 1.73. The van der Waals surface area contributed by atoms with Gasteiger partial charge in [0, 0.05) is 0 Å². The summed E-state index contributed by atoms with van der Waals surface area (Å²) in [5.74, 6) is 1.14. The summed E-state index contributed by atoms with van der Waals surface area (Å²) in [5.41, 5.74) is -0.121. The fraction of sp³-hybridized carbons (Fsp3) is 0.750. The van der Waals surface area contributed by atoms with Crippen LogP contribution < -0.4 is 0 Å². The summed E-state index contributed by atoms with van der Waals surface area (Å²) >= 11 is 0. The van der Waals surface area contributed by atoms with Gasteiger partial charge < -0.3 is 9.47 Å². The molecular formula is C8H12N2O2. The summed E-state index contributed by atoms with van der Waals surface area (Å²) in [6.07, 6.45) is 0. The molecule has 0 radical (unpaired) electrons. The minimum atomic E-state index is -0.121.